The molecule has 0 unspecified atom stereocenters. The van der Waals surface area contributed by atoms with Gasteiger partial charge in [-0.25, -0.2) is 0 Å². The second-order valence-corrected chi connectivity index (χ2v) is 3.13. The van der Waals surface area contributed by atoms with Gasteiger partial charge < -0.3 is 9.15 Å². The zero-order valence-corrected chi connectivity index (χ0v) is 8.15. The predicted molar refractivity (Wildman–Crippen MR) is 52.5 cm³/mol. The molecule has 1 aromatic heterocycles. The number of oxazole rings is 1. The second-order valence-electron chi connectivity index (χ2n) is 3.13. The Morgan fingerprint density at radius 3 is 2.86 bits per heavy atom. The van der Waals surface area contributed by atoms with Gasteiger partial charge in [0.25, 0.3) is 5.88 Å². The highest BCUT2D eigenvalue weighted by Crippen LogP contribution is 2.25. The van der Waals surface area contributed by atoms with E-state index in [4.69, 9.17) is 9.15 Å². The maximum atomic E-state index is 5.53. The minimum atomic E-state index is 0.485. The van der Waals surface area contributed by atoms with E-state index in [0.717, 1.165) is 11.3 Å². The highest BCUT2D eigenvalue weighted by Gasteiger charge is 2.04. The lowest BCUT2D eigenvalue weighted by Crippen LogP contribution is -1.89. The van der Waals surface area contributed by atoms with Crippen molar-refractivity contribution in [3.63, 3.8) is 0 Å². The largest absolute Gasteiger partial charge is 0.448 e. The third-order valence-electron chi connectivity index (χ3n) is 2.18. The average Bonchev–Trinajstić information content (AvgIpc) is 2.66. The van der Waals surface area contributed by atoms with Gasteiger partial charge in [0, 0.05) is 0 Å². The minimum Gasteiger partial charge on any atom is -0.448 e. The van der Waals surface area contributed by atoms with Crippen molar-refractivity contribution in [3.8, 4) is 11.6 Å². The van der Waals surface area contributed by atoms with E-state index in [-0.39, 0.29) is 0 Å². The number of benzene rings is 1. The molecule has 3 nitrogen and oxygen atoms in total. The first-order valence-corrected chi connectivity index (χ1v) is 4.39. The van der Waals surface area contributed by atoms with Gasteiger partial charge in [-0.15, -0.1) is 0 Å². The van der Waals surface area contributed by atoms with Crippen LogP contribution in [0.4, 0.5) is 0 Å². The van der Waals surface area contributed by atoms with Gasteiger partial charge in [0.2, 0.25) is 0 Å². The average molecular weight is 189 g/mol. The molecule has 0 aliphatic rings. The fraction of sp³-hybridized carbons (Fsp3) is 0.182. The first-order chi connectivity index (χ1) is 6.77. The Balaban J connectivity index is 2.29. The van der Waals surface area contributed by atoms with Crippen LogP contribution >= 0.6 is 0 Å². The van der Waals surface area contributed by atoms with E-state index in [1.54, 1.807) is 0 Å². The molecule has 0 spiro atoms. The summed E-state index contributed by atoms with van der Waals surface area (Å²) in [5.41, 5.74) is 2.32. The summed E-state index contributed by atoms with van der Waals surface area (Å²) in [6.07, 6.45) is 2.82. The van der Waals surface area contributed by atoms with Crippen molar-refractivity contribution in [2.45, 2.75) is 13.8 Å². The molecular weight excluding hydrogens is 178 g/mol. The van der Waals surface area contributed by atoms with Crippen LogP contribution in [-0.2, 0) is 0 Å². The Kier molecular flexibility index (Phi) is 2.23. The number of aryl methyl sites for hydroxylation is 1. The van der Waals surface area contributed by atoms with Crippen molar-refractivity contribution in [1.29, 1.82) is 0 Å². The van der Waals surface area contributed by atoms with Crippen LogP contribution in [0.25, 0.3) is 0 Å². The molecule has 0 aliphatic carbocycles. The summed E-state index contributed by atoms with van der Waals surface area (Å²) >= 11 is 0. The minimum absolute atomic E-state index is 0.485. The summed E-state index contributed by atoms with van der Waals surface area (Å²) in [6.45, 7) is 4.07. The van der Waals surface area contributed by atoms with E-state index < -0.39 is 0 Å². The van der Waals surface area contributed by atoms with Gasteiger partial charge in [0.1, 0.15) is 5.75 Å². The van der Waals surface area contributed by atoms with Crippen LogP contribution in [0.2, 0.25) is 0 Å². The van der Waals surface area contributed by atoms with Crippen molar-refractivity contribution in [2.75, 3.05) is 0 Å². The van der Waals surface area contributed by atoms with E-state index in [0.29, 0.717) is 5.88 Å². The van der Waals surface area contributed by atoms with Gasteiger partial charge in [-0.05, 0) is 31.0 Å². The normalized spacial score (nSPS) is 10.1. The molecule has 1 aromatic carbocycles. The number of rotatable bonds is 2. The monoisotopic (exact) mass is 189 g/mol. The molecule has 0 N–H and O–H groups in total. The van der Waals surface area contributed by atoms with Crippen molar-refractivity contribution in [3.05, 3.63) is 42.0 Å². The molecule has 0 bridgehead atoms. The lowest BCUT2D eigenvalue weighted by molar-refractivity contribution is 0.454. The number of hydrogen-bond acceptors (Lipinski definition) is 3. The van der Waals surface area contributed by atoms with E-state index >= 15 is 0 Å². The lowest BCUT2D eigenvalue weighted by atomic mass is 10.1. The second kappa shape index (κ2) is 3.54. The molecular formula is C11H11NO2. The zero-order valence-electron chi connectivity index (χ0n) is 8.15. The summed E-state index contributed by atoms with van der Waals surface area (Å²) in [5, 5.41) is 0. The number of hydrogen-bond donors (Lipinski definition) is 0. The topological polar surface area (TPSA) is 35.3 Å². The van der Waals surface area contributed by atoms with Crippen molar-refractivity contribution in [2.24, 2.45) is 0 Å². The molecule has 0 fully saturated rings. The van der Waals surface area contributed by atoms with E-state index in [1.165, 1.54) is 18.2 Å². The van der Waals surface area contributed by atoms with E-state index in [2.05, 4.69) is 4.98 Å². The Bertz CT molecular complexity index is 421. The summed E-state index contributed by atoms with van der Waals surface area (Å²) in [5.74, 6) is 1.30. The maximum absolute atomic E-state index is 5.53. The highest BCUT2D eigenvalue weighted by molar-refractivity contribution is 5.39. The Morgan fingerprint density at radius 1 is 1.29 bits per heavy atom. The van der Waals surface area contributed by atoms with E-state index in [1.807, 2.05) is 32.0 Å². The fourth-order valence-electron chi connectivity index (χ4n) is 1.20. The standard InChI is InChI=1S/C11H11NO2/c1-8-4-3-5-10(9(8)2)14-11-6-13-7-12-11/h3-7H,1-2H3. The summed E-state index contributed by atoms with van der Waals surface area (Å²) in [7, 11) is 0. The zero-order chi connectivity index (χ0) is 9.97. The van der Waals surface area contributed by atoms with Crippen LogP contribution in [0.3, 0.4) is 0 Å². The van der Waals surface area contributed by atoms with E-state index in [9.17, 15) is 0 Å². The van der Waals surface area contributed by atoms with Crippen LogP contribution < -0.4 is 4.74 Å². The van der Waals surface area contributed by atoms with Gasteiger partial charge in [0.05, 0.1) is 0 Å². The van der Waals surface area contributed by atoms with Crippen LogP contribution in [0, 0.1) is 13.8 Å². The molecule has 72 valence electrons. The van der Waals surface area contributed by atoms with Crippen LogP contribution in [0.1, 0.15) is 11.1 Å². The maximum Gasteiger partial charge on any atom is 0.258 e. The van der Waals surface area contributed by atoms with Gasteiger partial charge >= 0.3 is 0 Å². The van der Waals surface area contributed by atoms with Gasteiger partial charge in [0.15, 0.2) is 12.7 Å². The first-order valence-electron chi connectivity index (χ1n) is 4.39. The molecule has 1 heterocycles. The van der Waals surface area contributed by atoms with Crippen molar-refractivity contribution < 1.29 is 9.15 Å². The third-order valence-corrected chi connectivity index (χ3v) is 2.18. The SMILES string of the molecule is Cc1cccc(Oc2cocn2)c1C. The van der Waals surface area contributed by atoms with Gasteiger partial charge in [-0.2, -0.15) is 4.98 Å². The predicted octanol–water partition coefficient (Wildman–Crippen LogP) is 3.08. The summed E-state index contributed by atoms with van der Waals surface area (Å²) in [6, 6.07) is 5.92. The van der Waals surface area contributed by atoms with Crippen LogP contribution in [-0.4, -0.2) is 4.98 Å². The van der Waals surface area contributed by atoms with Crippen molar-refractivity contribution in [1.82, 2.24) is 4.98 Å². The van der Waals surface area contributed by atoms with Crippen molar-refractivity contribution >= 4 is 0 Å². The highest BCUT2D eigenvalue weighted by atomic mass is 16.5. The molecule has 0 amide bonds. The van der Waals surface area contributed by atoms with Crippen LogP contribution in [0.5, 0.6) is 11.6 Å². The fourth-order valence-corrected chi connectivity index (χ4v) is 1.20. The molecule has 0 aliphatic heterocycles. The molecule has 2 aromatic rings. The van der Waals surface area contributed by atoms with Crippen LogP contribution in [0.15, 0.2) is 35.3 Å². The molecule has 0 atom stereocenters. The summed E-state index contributed by atoms with van der Waals surface area (Å²) in [4.78, 5) is 3.89. The molecule has 2 rings (SSSR count). The molecule has 0 radical (unpaired) electrons. The smallest absolute Gasteiger partial charge is 0.258 e. The number of aromatic nitrogens is 1. The van der Waals surface area contributed by atoms with Gasteiger partial charge in [-0.3, -0.25) is 0 Å². The Labute approximate surface area is 82.3 Å². The first kappa shape index (κ1) is 8.81. The Hall–Kier alpha value is -1.77. The molecule has 14 heavy (non-hydrogen) atoms. The lowest BCUT2D eigenvalue weighted by Gasteiger charge is -2.07. The molecule has 0 saturated heterocycles. The van der Waals surface area contributed by atoms with Gasteiger partial charge in [-0.1, -0.05) is 12.1 Å². The molecule has 0 saturated carbocycles. The summed E-state index contributed by atoms with van der Waals surface area (Å²) < 4.78 is 10.3. The third kappa shape index (κ3) is 1.62. The Morgan fingerprint density at radius 2 is 2.14 bits per heavy atom. The number of ether oxygens (including phenoxy) is 1. The molecule has 3 heteroatoms. The number of nitrogens with zero attached hydrogens (tertiary/aromatic N) is 1. The quantitative estimate of drug-likeness (QED) is 0.728.